The van der Waals surface area contributed by atoms with Crippen molar-refractivity contribution in [2.75, 3.05) is 12.4 Å². The van der Waals surface area contributed by atoms with Gasteiger partial charge in [0.15, 0.2) is 11.6 Å². The monoisotopic (exact) mass is 508 g/mol. The number of aldehydes is 1. The second-order valence-corrected chi connectivity index (χ2v) is 10.5. The highest BCUT2D eigenvalue weighted by Gasteiger charge is 2.51. The summed E-state index contributed by atoms with van der Waals surface area (Å²) in [4.78, 5) is 37.8. The van der Waals surface area contributed by atoms with Gasteiger partial charge < -0.3 is 24.9 Å². The van der Waals surface area contributed by atoms with E-state index in [1.54, 1.807) is 0 Å². The average molecular weight is 509 g/mol. The van der Waals surface area contributed by atoms with E-state index in [2.05, 4.69) is 10.6 Å². The van der Waals surface area contributed by atoms with Crippen molar-refractivity contribution < 1.29 is 28.2 Å². The molecule has 37 heavy (non-hydrogen) atoms. The van der Waals surface area contributed by atoms with E-state index in [9.17, 15) is 18.8 Å². The third-order valence-corrected chi connectivity index (χ3v) is 8.26. The Morgan fingerprint density at radius 2 is 1.70 bits per heavy atom. The zero-order chi connectivity index (χ0) is 25.9. The molecule has 5 rings (SSSR count). The van der Waals surface area contributed by atoms with Crippen LogP contribution in [0.4, 0.5) is 10.1 Å². The molecule has 196 valence electrons. The fourth-order valence-electron chi connectivity index (χ4n) is 6.35. The number of para-hydroxylation sites is 1. The maximum atomic E-state index is 14.8. The predicted octanol–water partition coefficient (Wildman–Crippen LogP) is 4.75. The molecule has 2 aromatic rings. The minimum atomic E-state index is -0.606. The molecular formula is C29H33FN2O5. The molecule has 8 heteroatoms. The number of carbonyl (C=O) groups excluding carboxylic acids is 3. The van der Waals surface area contributed by atoms with Crippen LogP contribution in [-0.4, -0.2) is 37.4 Å². The van der Waals surface area contributed by atoms with Crippen molar-refractivity contribution in [2.24, 2.45) is 23.7 Å². The summed E-state index contributed by atoms with van der Waals surface area (Å²) in [5.74, 6) is -0.886. The molecule has 2 N–H and O–H groups in total. The van der Waals surface area contributed by atoms with Gasteiger partial charge in [-0.15, -0.1) is 0 Å². The summed E-state index contributed by atoms with van der Waals surface area (Å²) in [6, 6.07) is 11.6. The van der Waals surface area contributed by atoms with Crippen molar-refractivity contribution in [1.29, 1.82) is 0 Å². The van der Waals surface area contributed by atoms with Crippen molar-refractivity contribution in [1.82, 2.24) is 5.32 Å². The van der Waals surface area contributed by atoms with Gasteiger partial charge in [0.05, 0.1) is 24.7 Å². The molecule has 0 saturated heterocycles. The van der Waals surface area contributed by atoms with Gasteiger partial charge in [-0.1, -0.05) is 18.2 Å². The SMILES string of the molecule is COc1cc(F)c(OC2CCC(C=O)CC2)cc1C(=O)NC1C2CCC(C2)C1C(=O)Nc1ccccc1. The zero-order valence-electron chi connectivity index (χ0n) is 21.0. The van der Waals surface area contributed by atoms with Crippen molar-refractivity contribution in [3.63, 3.8) is 0 Å². The number of fused-ring (bicyclic) bond motifs is 2. The largest absolute Gasteiger partial charge is 0.496 e. The molecule has 0 aliphatic heterocycles. The molecule has 0 spiro atoms. The Balaban J connectivity index is 1.32. The minimum absolute atomic E-state index is 0.00758. The maximum absolute atomic E-state index is 14.8. The van der Waals surface area contributed by atoms with E-state index in [0.29, 0.717) is 25.7 Å². The number of halogens is 1. The number of hydrogen-bond donors (Lipinski definition) is 2. The van der Waals surface area contributed by atoms with Gasteiger partial charge in [-0.05, 0) is 75.0 Å². The van der Waals surface area contributed by atoms with Crippen LogP contribution in [0.15, 0.2) is 42.5 Å². The van der Waals surface area contributed by atoms with Gasteiger partial charge in [-0.25, -0.2) is 4.39 Å². The van der Waals surface area contributed by atoms with E-state index >= 15 is 0 Å². The predicted molar refractivity (Wildman–Crippen MR) is 136 cm³/mol. The number of nitrogens with one attached hydrogen (secondary N) is 2. The van der Waals surface area contributed by atoms with E-state index in [4.69, 9.17) is 9.47 Å². The molecule has 4 atom stereocenters. The van der Waals surface area contributed by atoms with Gasteiger partial charge in [0.25, 0.3) is 5.91 Å². The third kappa shape index (κ3) is 5.33. The number of rotatable bonds is 8. The quantitative estimate of drug-likeness (QED) is 0.502. The first-order valence-corrected chi connectivity index (χ1v) is 13.1. The van der Waals surface area contributed by atoms with Gasteiger partial charge in [0.1, 0.15) is 12.0 Å². The summed E-state index contributed by atoms with van der Waals surface area (Å²) in [6.07, 6.45) is 6.29. The highest BCUT2D eigenvalue weighted by atomic mass is 19.1. The van der Waals surface area contributed by atoms with Crippen molar-refractivity contribution in [2.45, 2.75) is 57.1 Å². The van der Waals surface area contributed by atoms with E-state index in [1.165, 1.54) is 19.2 Å². The van der Waals surface area contributed by atoms with Crippen molar-refractivity contribution >= 4 is 23.8 Å². The van der Waals surface area contributed by atoms with Crippen LogP contribution in [0.5, 0.6) is 11.5 Å². The molecular weight excluding hydrogens is 475 g/mol. The Bertz CT molecular complexity index is 1150. The number of benzene rings is 2. The molecule has 3 aliphatic rings. The second kappa shape index (κ2) is 10.9. The Kier molecular flexibility index (Phi) is 7.44. The molecule has 2 amide bonds. The van der Waals surface area contributed by atoms with Crippen LogP contribution in [0, 0.1) is 29.5 Å². The molecule has 0 heterocycles. The Hall–Kier alpha value is -3.42. The molecule has 3 aliphatic carbocycles. The summed E-state index contributed by atoms with van der Waals surface area (Å²) in [6.45, 7) is 0. The molecule has 0 radical (unpaired) electrons. The first-order valence-electron chi connectivity index (χ1n) is 13.1. The lowest BCUT2D eigenvalue weighted by Crippen LogP contribution is -2.48. The van der Waals surface area contributed by atoms with Gasteiger partial charge in [-0.3, -0.25) is 9.59 Å². The topological polar surface area (TPSA) is 93.7 Å². The standard InChI is InChI=1S/C29H33FN2O5/c1-36-24-15-23(30)25(37-21-11-7-17(16-33)8-12-21)14-22(24)28(34)32-27-19-10-9-18(13-19)26(27)29(35)31-20-5-3-2-4-6-20/h2-6,14-19,21,26-27H,7-13H2,1H3,(H,31,35)(H,32,34). The zero-order valence-corrected chi connectivity index (χ0v) is 21.0. The number of amides is 2. The van der Waals surface area contributed by atoms with Crippen molar-refractivity contribution in [3.8, 4) is 11.5 Å². The van der Waals surface area contributed by atoms with Gasteiger partial charge in [-0.2, -0.15) is 0 Å². The number of methoxy groups -OCH3 is 1. The van der Waals surface area contributed by atoms with E-state index < -0.39 is 11.7 Å². The molecule has 7 nitrogen and oxygen atoms in total. The Labute approximate surface area is 216 Å². The fourth-order valence-corrected chi connectivity index (χ4v) is 6.35. The van der Waals surface area contributed by atoms with E-state index in [-0.39, 0.29) is 58.8 Å². The summed E-state index contributed by atoms with van der Waals surface area (Å²) in [5, 5.41) is 6.08. The van der Waals surface area contributed by atoms with E-state index in [0.717, 1.165) is 31.2 Å². The second-order valence-electron chi connectivity index (χ2n) is 10.5. The number of carbonyl (C=O) groups is 3. The van der Waals surface area contributed by atoms with Crippen LogP contribution in [-0.2, 0) is 9.59 Å². The normalized spacial score (nSPS) is 28.4. The number of hydrogen-bond acceptors (Lipinski definition) is 5. The number of anilines is 1. The van der Waals surface area contributed by atoms with Crippen LogP contribution < -0.4 is 20.1 Å². The Morgan fingerprint density at radius 3 is 2.41 bits per heavy atom. The fraction of sp³-hybridized carbons (Fsp3) is 0.483. The van der Waals surface area contributed by atoms with E-state index in [1.807, 2.05) is 30.3 Å². The summed E-state index contributed by atoms with van der Waals surface area (Å²) in [7, 11) is 1.39. The molecule has 2 bridgehead atoms. The lowest BCUT2D eigenvalue weighted by atomic mass is 9.83. The highest BCUT2D eigenvalue weighted by molar-refractivity contribution is 5.99. The molecule has 2 aromatic carbocycles. The Morgan fingerprint density at radius 1 is 0.973 bits per heavy atom. The highest BCUT2D eigenvalue weighted by Crippen LogP contribution is 2.49. The maximum Gasteiger partial charge on any atom is 0.255 e. The van der Waals surface area contributed by atoms with Gasteiger partial charge in [0, 0.05) is 23.7 Å². The summed E-state index contributed by atoms with van der Waals surface area (Å²) >= 11 is 0. The third-order valence-electron chi connectivity index (χ3n) is 8.26. The van der Waals surface area contributed by atoms with Crippen LogP contribution in [0.3, 0.4) is 0 Å². The smallest absolute Gasteiger partial charge is 0.255 e. The molecule has 0 aromatic heterocycles. The van der Waals surface area contributed by atoms with Crippen LogP contribution in [0.1, 0.15) is 55.3 Å². The summed E-state index contributed by atoms with van der Waals surface area (Å²) in [5.41, 5.74) is 0.898. The van der Waals surface area contributed by atoms with Crippen molar-refractivity contribution in [3.05, 3.63) is 53.8 Å². The average Bonchev–Trinajstić information content (AvgIpc) is 3.52. The van der Waals surface area contributed by atoms with Crippen LogP contribution in [0.25, 0.3) is 0 Å². The summed E-state index contributed by atoms with van der Waals surface area (Å²) < 4.78 is 26.1. The minimum Gasteiger partial charge on any atom is -0.496 e. The number of ether oxygens (including phenoxy) is 2. The van der Waals surface area contributed by atoms with Crippen LogP contribution >= 0.6 is 0 Å². The van der Waals surface area contributed by atoms with Gasteiger partial charge in [0.2, 0.25) is 5.91 Å². The molecule has 4 unspecified atom stereocenters. The lowest BCUT2D eigenvalue weighted by Gasteiger charge is -2.31. The van der Waals surface area contributed by atoms with Gasteiger partial charge >= 0.3 is 0 Å². The van der Waals surface area contributed by atoms with Crippen LogP contribution in [0.2, 0.25) is 0 Å². The molecule has 3 saturated carbocycles. The first kappa shape index (κ1) is 25.2. The first-order chi connectivity index (χ1) is 18.0. The molecule has 3 fully saturated rings. The lowest BCUT2D eigenvalue weighted by molar-refractivity contribution is -0.122.